The van der Waals surface area contributed by atoms with E-state index in [1.165, 1.54) is 0 Å². The van der Waals surface area contributed by atoms with Crippen LogP contribution in [0.1, 0.15) is 30.0 Å². The fraction of sp³-hybridized carbons (Fsp3) is 0.385. The number of alkyl halides is 3. The van der Waals surface area contributed by atoms with Crippen molar-refractivity contribution in [2.24, 2.45) is 5.84 Å². The summed E-state index contributed by atoms with van der Waals surface area (Å²) in [7, 11) is 0. The maximum Gasteiger partial charge on any atom is 0.416 e. The van der Waals surface area contributed by atoms with Crippen molar-refractivity contribution in [3.8, 4) is 0 Å². The molecule has 2 rings (SSSR count). The second kappa shape index (κ2) is 5.80. The first-order valence-electron chi connectivity index (χ1n) is 6.09. The molecule has 0 saturated heterocycles. The normalized spacial score (nSPS) is 17.4. The van der Waals surface area contributed by atoms with Gasteiger partial charge in [-0.15, -0.1) is 0 Å². The van der Waals surface area contributed by atoms with Gasteiger partial charge in [-0.2, -0.15) is 13.2 Å². The van der Waals surface area contributed by atoms with Gasteiger partial charge in [0.05, 0.1) is 12.2 Å². The number of hydrazine groups is 1. The summed E-state index contributed by atoms with van der Waals surface area (Å²) >= 11 is 0. The first-order chi connectivity index (χ1) is 9.43. The van der Waals surface area contributed by atoms with Crippen LogP contribution in [0, 0.1) is 5.82 Å². The quantitative estimate of drug-likeness (QED) is 0.511. The number of hydrogen-bond acceptors (Lipinski definition) is 3. The van der Waals surface area contributed by atoms with E-state index in [1.54, 1.807) is 6.08 Å². The molecule has 3 N–H and O–H groups in total. The van der Waals surface area contributed by atoms with Crippen molar-refractivity contribution in [1.29, 1.82) is 0 Å². The van der Waals surface area contributed by atoms with Crippen LogP contribution in [0.5, 0.6) is 0 Å². The second-order valence-electron chi connectivity index (χ2n) is 4.43. The van der Waals surface area contributed by atoms with Crippen LogP contribution >= 0.6 is 0 Å². The van der Waals surface area contributed by atoms with Gasteiger partial charge >= 0.3 is 6.18 Å². The molecule has 1 aliphatic heterocycles. The molecule has 0 aromatic heterocycles. The van der Waals surface area contributed by atoms with E-state index in [1.807, 2.05) is 0 Å². The topological polar surface area (TPSA) is 47.3 Å². The lowest BCUT2D eigenvalue weighted by Crippen LogP contribution is -2.32. The summed E-state index contributed by atoms with van der Waals surface area (Å²) in [5.74, 6) is 4.86. The maximum atomic E-state index is 13.3. The van der Waals surface area contributed by atoms with E-state index in [9.17, 15) is 17.6 Å². The molecule has 0 radical (unpaired) electrons. The standard InChI is InChI=1S/C13H14F4N2O/c14-8-4-5-10(13(15,16)17)9(7-8)12(19-18)11-3-1-2-6-20-11/h3-5,7,12,19H,1-2,6,18H2. The largest absolute Gasteiger partial charge is 0.496 e. The third-order valence-electron chi connectivity index (χ3n) is 3.04. The molecule has 1 atom stereocenters. The Morgan fingerprint density at radius 2 is 2.05 bits per heavy atom. The van der Waals surface area contributed by atoms with Gasteiger partial charge in [0.25, 0.3) is 0 Å². The molecule has 0 bridgehead atoms. The second-order valence-corrected chi connectivity index (χ2v) is 4.43. The SMILES string of the molecule is NNC(C1=CCCCO1)c1cc(F)ccc1C(F)(F)F. The van der Waals surface area contributed by atoms with Crippen molar-refractivity contribution in [3.05, 3.63) is 47.0 Å². The van der Waals surface area contributed by atoms with Crippen LogP contribution in [0.2, 0.25) is 0 Å². The van der Waals surface area contributed by atoms with Crippen molar-refractivity contribution >= 4 is 0 Å². The van der Waals surface area contributed by atoms with Crippen LogP contribution in [-0.4, -0.2) is 6.61 Å². The highest BCUT2D eigenvalue weighted by Gasteiger charge is 2.36. The molecule has 1 unspecified atom stereocenters. The van der Waals surface area contributed by atoms with Crippen LogP contribution in [0.3, 0.4) is 0 Å². The Balaban J connectivity index is 2.48. The van der Waals surface area contributed by atoms with Crippen molar-refractivity contribution in [1.82, 2.24) is 5.43 Å². The van der Waals surface area contributed by atoms with Crippen LogP contribution in [-0.2, 0) is 10.9 Å². The van der Waals surface area contributed by atoms with Gasteiger partial charge in [0.2, 0.25) is 0 Å². The number of allylic oxidation sites excluding steroid dienone is 1. The highest BCUT2D eigenvalue weighted by molar-refractivity contribution is 5.36. The zero-order valence-corrected chi connectivity index (χ0v) is 10.5. The highest BCUT2D eigenvalue weighted by atomic mass is 19.4. The minimum absolute atomic E-state index is 0.284. The van der Waals surface area contributed by atoms with E-state index < -0.39 is 23.6 Å². The number of hydrogen-bond donors (Lipinski definition) is 2. The number of halogens is 4. The van der Waals surface area contributed by atoms with Crippen LogP contribution in [0.15, 0.2) is 30.0 Å². The van der Waals surface area contributed by atoms with Crippen LogP contribution in [0.4, 0.5) is 17.6 Å². The van der Waals surface area contributed by atoms with Gasteiger partial charge in [0, 0.05) is 0 Å². The number of rotatable bonds is 3. The smallest absolute Gasteiger partial charge is 0.416 e. The van der Waals surface area contributed by atoms with Gasteiger partial charge in [0.1, 0.15) is 17.6 Å². The Morgan fingerprint density at radius 1 is 1.30 bits per heavy atom. The average molecular weight is 290 g/mol. The molecule has 7 heteroatoms. The molecule has 0 amide bonds. The third-order valence-corrected chi connectivity index (χ3v) is 3.04. The van der Waals surface area contributed by atoms with E-state index in [-0.39, 0.29) is 11.3 Å². The number of ether oxygens (including phenoxy) is 1. The number of nitrogens with two attached hydrogens (primary N) is 1. The first kappa shape index (κ1) is 14.8. The Labute approximate surface area is 113 Å². The zero-order chi connectivity index (χ0) is 14.8. The number of nitrogens with one attached hydrogen (secondary N) is 1. The molecule has 1 aromatic rings. The van der Waals surface area contributed by atoms with Crippen molar-refractivity contribution in [2.75, 3.05) is 6.61 Å². The van der Waals surface area contributed by atoms with E-state index in [0.29, 0.717) is 19.1 Å². The minimum Gasteiger partial charge on any atom is -0.496 e. The fourth-order valence-electron chi connectivity index (χ4n) is 2.13. The molecule has 1 heterocycles. The molecule has 1 aliphatic rings. The molecule has 0 aliphatic carbocycles. The minimum atomic E-state index is -4.59. The summed E-state index contributed by atoms with van der Waals surface area (Å²) in [6, 6.07) is 1.28. The predicted molar refractivity (Wildman–Crippen MR) is 64.7 cm³/mol. The Kier molecular flexibility index (Phi) is 4.29. The van der Waals surface area contributed by atoms with Crippen molar-refractivity contribution in [2.45, 2.75) is 25.1 Å². The monoisotopic (exact) mass is 290 g/mol. The van der Waals surface area contributed by atoms with Crippen molar-refractivity contribution in [3.63, 3.8) is 0 Å². The summed E-state index contributed by atoms with van der Waals surface area (Å²) in [5.41, 5.74) is 1.05. The Hall–Kier alpha value is -1.60. The van der Waals surface area contributed by atoms with Gasteiger partial charge < -0.3 is 4.74 Å². The molecule has 1 aromatic carbocycles. The molecule has 110 valence electrons. The average Bonchev–Trinajstić information content (AvgIpc) is 2.39. The Bertz CT molecular complexity index is 514. The van der Waals surface area contributed by atoms with Crippen LogP contribution < -0.4 is 11.3 Å². The van der Waals surface area contributed by atoms with Crippen LogP contribution in [0.25, 0.3) is 0 Å². The summed E-state index contributed by atoms with van der Waals surface area (Å²) in [6.07, 6.45) is -1.45. The summed E-state index contributed by atoms with van der Waals surface area (Å²) in [5, 5.41) is 0. The molecule has 0 spiro atoms. The third kappa shape index (κ3) is 3.10. The molecular weight excluding hydrogens is 276 g/mol. The highest BCUT2D eigenvalue weighted by Crippen LogP contribution is 2.37. The fourth-order valence-corrected chi connectivity index (χ4v) is 2.13. The van der Waals surface area contributed by atoms with Gasteiger partial charge in [-0.1, -0.05) is 0 Å². The zero-order valence-electron chi connectivity index (χ0n) is 10.5. The van der Waals surface area contributed by atoms with E-state index >= 15 is 0 Å². The Morgan fingerprint density at radius 3 is 2.60 bits per heavy atom. The molecule has 3 nitrogen and oxygen atoms in total. The van der Waals surface area contributed by atoms with E-state index in [4.69, 9.17) is 10.6 Å². The first-order valence-corrected chi connectivity index (χ1v) is 6.09. The summed E-state index contributed by atoms with van der Waals surface area (Å²) in [4.78, 5) is 0. The lowest BCUT2D eigenvalue weighted by atomic mass is 9.97. The van der Waals surface area contributed by atoms with Gasteiger partial charge in [-0.25, -0.2) is 9.82 Å². The molecule has 0 fully saturated rings. The summed E-state index contributed by atoms with van der Waals surface area (Å²) < 4.78 is 57.6. The number of benzene rings is 1. The van der Waals surface area contributed by atoms with E-state index in [2.05, 4.69) is 5.43 Å². The van der Waals surface area contributed by atoms with E-state index in [0.717, 1.165) is 18.6 Å². The van der Waals surface area contributed by atoms with Gasteiger partial charge in [0.15, 0.2) is 0 Å². The molecule has 20 heavy (non-hydrogen) atoms. The molecule has 0 saturated carbocycles. The molecular formula is C13H14F4N2O. The van der Waals surface area contributed by atoms with Gasteiger partial charge in [-0.3, -0.25) is 5.84 Å². The lowest BCUT2D eigenvalue weighted by molar-refractivity contribution is -0.138. The predicted octanol–water partition coefficient (Wildman–Crippen LogP) is 3.04. The van der Waals surface area contributed by atoms with Crippen molar-refractivity contribution < 1.29 is 22.3 Å². The maximum absolute atomic E-state index is 13.3. The van der Waals surface area contributed by atoms with Gasteiger partial charge in [-0.05, 0) is 42.7 Å². The summed E-state index contributed by atoms with van der Waals surface area (Å²) in [6.45, 7) is 0.403. The lowest BCUT2D eigenvalue weighted by Gasteiger charge is -2.25.